The number of aromatic nitrogens is 1. The molecule has 0 saturated carbocycles. The first kappa shape index (κ1) is 17.5. The van der Waals surface area contributed by atoms with Crippen molar-refractivity contribution in [3.05, 3.63) is 48.2 Å². The fourth-order valence-corrected chi connectivity index (χ4v) is 1.93. The molecule has 4 N–H and O–H groups in total. The van der Waals surface area contributed by atoms with Gasteiger partial charge < -0.3 is 20.5 Å². The van der Waals surface area contributed by atoms with Gasteiger partial charge in [0.05, 0.1) is 0 Å². The van der Waals surface area contributed by atoms with Crippen LogP contribution < -0.4 is 5.73 Å². The molecular formula is C16H20N2O4. The highest BCUT2D eigenvalue weighted by Crippen LogP contribution is 2.17. The lowest BCUT2D eigenvalue weighted by Crippen LogP contribution is -2.21. The Morgan fingerprint density at radius 1 is 1.23 bits per heavy atom. The Morgan fingerprint density at radius 3 is 2.32 bits per heavy atom. The fourth-order valence-electron chi connectivity index (χ4n) is 1.93. The van der Waals surface area contributed by atoms with Crippen LogP contribution in [0.25, 0.3) is 10.9 Å². The van der Waals surface area contributed by atoms with Crippen LogP contribution in [0, 0.1) is 6.92 Å². The molecule has 0 aliphatic rings. The summed E-state index contributed by atoms with van der Waals surface area (Å²) in [6.45, 7) is 5.02. The van der Waals surface area contributed by atoms with E-state index in [-0.39, 0.29) is 6.04 Å². The number of carboxylic acid groups (broad SMARTS) is 2. The van der Waals surface area contributed by atoms with E-state index in [0.29, 0.717) is 12.2 Å². The van der Waals surface area contributed by atoms with Gasteiger partial charge in [0, 0.05) is 36.5 Å². The van der Waals surface area contributed by atoms with Gasteiger partial charge in [0.25, 0.3) is 0 Å². The molecule has 1 aromatic carbocycles. The maximum absolute atomic E-state index is 9.55. The van der Waals surface area contributed by atoms with E-state index in [0.717, 1.165) is 6.54 Å². The summed E-state index contributed by atoms with van der Waals surface area (Å²) in [6, 6.07) is 8.84. The molecule has 1 aromatic heterocycles. The van der Waals surface area contributed by atoms with Gasteiger partial charge in [0.2, 0.25) is 0 Å². The Bertz CT molecular complexity index is 671. The van der Waals surface area contributed by atoms with Gasteiger partial charge in [0.1, 0.15) is 0 Å². The monoisotopic (exact) mass is 304 g/mol. The number of benzene rings is 1. The molecule has 0 aliphatic carbocycles. The Labute approximate surface area is 128 Å². The molecule has 6 heteroatoms. The molecule has 0 aliphatic heterocycles. The summed E-state index contributed by atoms with van der Waals surface area (Å²) in [5.41, 5.74) is 8.36. The van der Waals surface area contributed by atoms with Crippen molar-refractivity contribution in [1.82, 2.24) is 4.57 Å². The third-order valence-electron chi connectivity index (χ3n) is 2.78. The van der Waals surface area contributed by atoms with Crippen molar-refractivity contribution in [2.75, 3.05) is 0 Å². The number of rotatable bonds is 4. The predicted molar refractivity (Wildman–Crippen MR) is 84.7 cm³/mol. The first-order chi connectivity index (χ1) is 10.3. The van der Waals surface area contributed by atoms with Crippen molar-refractivity contribution < 1.29 is 19.8 Å². The Balaban J connectivity index is 0.000000261. The Kier molecular flexibility index (Phi) is 6.34. The lowest BCUT2D eigenvalue weighted by Gasteiger charge is -2.08. The van der Waals surface area contributed by atoms with Crippen molar-refractivity contribution in [1.29, 1.82) is 0 Å². The fraction of sp³-hybridized carbons (Fsp3) is 0.250. The predicted octanol–water partition coefficient (Wildman–Crippen LogP) is 2.01. The lowest BCUT2D eigenvalue weighted by molar-refractivity contribution is -0.134. The molecule has 0 spiro atoms. The van der Waals surface area contributed by atoms with Crippen molar-refractivity contribution in [3.63, 3.8) is 0 Å². The van der Waals surface area contributed by atoms with Gasteiger partial charge in [-0.05, 0) is 37.4 Å². The van der Waals surface area contributed by atoms with E-state index in [9.17, 15) is 9.59 Å². The molecule has 0 radical (unpaired) electrons. The highest BCUT2D eigenvalue weighted by molar-refractivity contribution is 5.89. The van der Waals surface area contributed by atoms with Crippen LogP contribution in [0.4, 0.5) is 0 Å². The molecule has 118 valence electrons. The number of hydrogen-bond acceptors (Lipinski definition) is 3. The molecule has 0 bridgehead atoms. The highest BCUT2D eigenvalue weighted by atomic mass is 16.4. The molecule has 22 heavy (non-hydrogen) atoms. The highest BCUT2D eigenvalue weighted by Gasteiger charge is 2.02. The minimum absolute atomic E-state index is 0.201. The summed E-state index contributed by atoms with van der Waals surface area (Å²) in [6.07, 6.45) is 3.22. The second-order valence-electron chi connectivity index (χ2n) is 5.02. The zero-order valence-electron chi connectivity index (χ0n) is 12.6. The SMILES string of the molecule is Cc1ccc2c(ccn2CC(C)N)c1.O=C(O)C=CC(=O)O. The van der Waals surface area contributed by atoms with Crippen molar-refractivity contribution >= 4 is 22.8 Å². The van der Waals surface area contributed by atoms with E-state index >= 15 is 0 Å². The third-order valence-corrected chi connectivity index (χ3v) is 2.78. The number of hydrogen-bond donors (Lipinski definition) is 3. The summed E-state index contributed by atoms with van der Waals surface area (Å²) in [4.78, 5) is 19.1. The molecule has 2 aromatic rings. The number of aliphatic carboxylic acids is 2. The molecule has 1 atom stereocenters. The largest absolute Gasteiger partial charge is 0.478 e. The number of nitrogens with two attached hydrogens (primary N) is 1. The number of fused-ring (bicyclic) bond motifs is 1. The Hall–Kier alpha value is -2.60. The van der Waals surface area contributed by atoms with Gasteiger partial charge >= 0.3 is 11.9 Å². The maximum atomic E-state index is 9.55. The van der Waals surface area contributed by atoms with E-state index in [1.807, 2.05) is 6.92 Å². The minimum atomic E-state index is -1.26. The van der Waals surface area contributed by atoms with Crippen LogP contribution in [0.2, 0.25) is 0 Å². The van der Waals surface area contributed by atoms with Crippen LogP contribution >= 0.6 is 0 Å². The number of aryl methyl sites for hydroxylation is 1. The standard InChI is InChI=1S/C12H16N2.C4H4O4/c1-9-3-4-12-11(7-9)5-6-14(12)8-10(2)13;5-3(6)1-2-4(7)8/h3-7,10H,8,13H2,1-2H3;1-2H,(H,5,6)(H,7,8). The average molecular weight is 304 g/mol. The van der Waals surface area contributed by atoms with Crippen LogP contribution in [0.3, 0.4) is 0 Å². The van der Waals surface area contributed by atoms with Gasteiger partial charge in [-0.2, -0.15) is 0 Å². The van der Waals surface area contributed by atoms with Gasteiger partial charge in [-0.1, -0.05) is 11.6 Å². The minimum Gasteiger partial charge on any atom is -0.478 e. The van der Waals surface area contributed by atoms with Crippen molar-refractivity contribution in [2.45, 2.75) is 26.4 Å². The van der Waals surface area contributed by atoms with Crippen molar-refractivity contribution in [3.8, 4) is 0 Å². The van der Waals surface area contributed by atoms with E-state index < -0.39 is 11.9 Å². The molecule has 1 heterocycles. The van der Waals surface area contributed by atoms with Crippen LogP contribution in [0.15, 0.2) is 42.6 Å². The van der Waals surface area contributed by atoms with Crippen LogP contribution in [-0.2, 0) is 16.1 Å². The maximum Gasteiger partial charge on any atom is 0.328 e. The topological polar surface area (TPSA) is 106 Å². The summed E-state index contributed by atoms with van der Waals surface area (Å²) < 4.78 is 2.21. The van der Waals surface area contributed by atoms with Gasteiger partial charge in [-0.25, -0.2) is 9.59 Å². The number of carbonyl (C=O) groups is 2. The van der Waals surface area contributed by atoms with Gasteiger partial charge in [-0.3, -0.25) is 0 Å². The van der Waals surface area contributed by atoms with Gasteiger partial charge in [0.15, 0.2) is 0 Å². The number of nitrogens with zero attached hydrogens (tertiary/aromatic N) is 1. The smallest absolute Gasteiger partial charge is 0.328 e. The quantitative estimate of drug-likeness (QED) is 0.749. The first-order valence-corrected chi connectivity index (χ1v) is 6.74. The van der Waals surface area contributed by atoms with Crippen molar-refractivity contribution in [2.24, 2.45) is 5.73 Å². The normalized spacial score (nSPS) is 12.0. The second-order valence-corrected chi connectivity index (χ2v) is 5.02. The second kappa shape index (κ2) is 7.99. The zero-order chi connectivity index (χ0) is 16.7. The zero-order valence-corrected chi connectivity index (χ0v) is 12.6. The summed E-state index contributed by atoms with van der Waals surface area (Å²) in [7, 11) is 0. The van der Waals surface area contributed by atoms with E-state index in [1.165, 1.54) is 16.5 Å². The van der Waals surface area contributed by atoms with E-state index in [4.69, 9.17) is 15.9 Å². The summed E-state index contributed by atoms with van der Waals surface area (Å²) in [5.74, 6) is -2.51. The first-order valence-electron chi connectivity index (χ1n) is 6.74. The van der Waals surface area contributed by atoms with E-state index in [1.54, 1.807) is 0 Å². The molecule has 0 fully saturated rings. The lowest BCUT2D eigenvalue weighted by atomic mass is 10.2. The molecule has 0 saturated heterocycles. The molecule has 6 nitrogen and oxygen atoms in total. The average Bonchev–Trinajstić information content (AvgIpc) is 2.78. The molecule has 1 unspecified atom stereocenters. The molecule has 2 rings (SSSR count). The third kappa shape index (κ3) is 5.80. The molecular weight excluding hydrogens is 284 g/mol. The van der Waals surface area contributed by atoms with Crippen LogP contribution in [0.5, 0.6) is 0 Å². The van der Waals surface area contributed by atoms with Gasteiger partial charge in [-0.15, -0.1) is 0 Å². The van der Waals surface area contributed by atoms with E-state index in [2.05, 4.69) is 42.0 Å². The number of carboxylic acids is 2. The molecule has 0 amide bonds. The Morgan fingerprint density at radius 2 is 1.82 bits per heavy atom. The van der Waals surface area contributed by atoms with Crippen LogP contribution in [0.1, 0.15) is 12.5 Å². The summed E-state index contributed by atoms with van der Waals surface area (Å²) >= 11 is 0. The van der Waals surface area contributed by atoms with Crippen LogP contribution in [-0.4, -0.2) is 32.8 Å². The summed E-state index contributed by atoms with van der Waals surface area (Å²) in [5, 5.41) is 16.9.